The molecule has 2 aromatic carbocycles. The summed E-state index contributed by atoms with van der Waals surface area (Å²) in [5.41, 5.74) is 4.32. The Morgan fingerprint density at radius 2 is 1.66 bits per heavy atom. The SMILES string of the molecule is CCCCc1oc(-c2ccccc2)c(CCC(C)=O)c1C(OC)c1ccccc1. The number of ether oxygens (including phenoxy) is 1. The second-order valence-electron chi connectivity index (χ2n) is 7.44. The number of ketones is 1. The molecule has 3 rings (SSSR count). The summed E-state index contributed by atoms with van der Waals surface area (Å²) in [4.78, 5) is 11.8. The predicted molar refractivity (Wildman–Crippen MR) is 117 cm³/mol. The topological polar surface area (TPSA) is 39.4 Å². The molecule has 1 atom stereocenters. The summed E-state index contributed by atoms with van der Waals surface area (Å²) < 4.78 is 12.5. The van der Waals surface area contributed by atoms with E-state index in [1.807, 2.05) is 36.4 Å². The number of carbonyl (C=O) groups is 1. The van der Waals surface area contributed by atoms with Crippen LogP contribution in [0.2, 0.25) is 0 Å². The fourth-order valence-corrected chi connectivity index (χ4v) is 3.78. The summed E-state index contributed by atoms with van der Waals surface area (Å²) in [5, 5.41) is 0. The Morgan fingerprint density at radius 1 is 1.00 bits per heavy atom. The molecule has 0 saturated carbocycles. The third-order valence-electron chi connectivity index (χ3n) is 5.25. The standard InChI is InChI=1S/C26H30O3/c1-4-5-16-23-24(26(28-3)21-14-10-7-11-15-21)22(18-17-19(2)27)25(29-23)20-12-8-6-9-13-20/h6-15,26H,4-5,16-18H2,1-3H3. The van der Waals surface area contributed by atoms with E-state index in [0.717, 1.165) is 53.0 Å². The zero-order chi connectivity index (χ0) is 20.6. The Morgan fingerprint density at radius 3 is 2.24 bits per heavy atom. The molecule has 0 spiro atoms. The number of methoxy groups -OCH3 is 1. The molecule has 1 aromatic heterocycles. The zero-order valence-corrected chi connectivity index (χ0v) is 17.6. The summed E-state index contributed by atoms with van der Waals surface area (Å²) in [6.45, 7) is 3.83. The normalized spacial score (nSPS) is 12.1. The van der Waals surface area contributed by atoms with Crippen molar-refractivity contribution in [2.75, 3.05) is 7.11 Å². The Balaban J connectivity index is 2.18. The van der Waals surface area contributed by atoms with Crippen LogP contribution in [0.25, 0.3) is 11.3 Å². The average molecular weight is 391 g/mol. The summed E-state index contributed by atoms with van der Waals surface area (Å²) in [7, 11) is 1.74. The Labute approximate surface area is 173 Å². The maximum absolute atomic E-state index is 11.8. The van der Waals surface area contributed by atoms with E-state index in [2.05, 4.69) is 31.2 Å². The molecule has 0 radical (unpaired) electrons. The Hall–Kier alpha value is -2.65. The van der Waals surface area contributed by atoms with Gasteiger partial charge in [0, 0.05) is 36.6 Å². The minimum atomic E-state index is -0.216. The molecule has 152 valence electrons. The van der Waals surface area contributed by atoms with Crippen LogP contribution in [0.5, 0.6) is 0 Å². The number of Topliss-reactive ketones (excluding diaryl/α,β-unsaturated/α-hetero) is 1. The van der Waals surface area contributed by atoms with E-state index >= 15 is 0 Å². The number of rotatable bonds is 10. The fraction of sp³-hybridized carbons (Fsp3) is 0.346. The molecule has 0 fully saturated rings. The van der Waals surface area contributed by atoms with Gasteiger partial charge in [0.15, 0.2) is 0 Å². The summed E-state index contributed by atoms with van der Waals surface area (Å²) in [5.74, 6) is 2.02. The summed E-state index contributed by atoms with van der Waals surface area (Å²) in [6, 6.07) is 20.4. The first-order chi connectivity index (χ1) is 14.2. The first-order valence-electron chi connectivity index (χ1n) is 10.4. The minimum Gasteiger partial charge on any atom is -0.460 e. The van der Waals surface area contributed by atoms with Crippen molar-refractivity contribution < 1.29 is 13.9 Å². The third-order valence-corrected chi connectivity index (χ3v) is 5.25. The lowest BCUT2D eigenvalue weighted by atomic mass is 9.91. The Kier molecular flexibility index (Phi) is 7.42. The van der Waals surface area contributed by atoms with Crippen molar-refractivity contribution in [3.8, 4) is 11.3 Å². The van der Waals surface area contributed by atoms with Crippen LogP contribution in [0.1, 0.15) is 61.7 Å². The van der Waals surface area contributed by atoms with E-state index in [-0.39, 0.29) is 11.9 Å². The van der Waals surface area contributed by atoms with Gasteiger partial charge < -0.3 is 13.9 Å². The number of unbranched alkanes of at least 4 members (excludes halogenated alkanes) is 1. The quantitative estimate of drug-likeness (QED) is 0.394. The second-order valence-corrected chi connectivity index (χ2v) is 7.44. The van der Waals surface area contributed by atoms with Crippen molar-refractivity contribution in [1.82, 2.24) is 0 Å². The molecule has 0 aliphatic carbocycles. The Bertz CT molecular complexity index is 910. The lowest BCUT2D eigenvalue weighted by molar-refractivity contribution is -0.116. The highest BCUT2D eigenvalue weighted by Crippen LogP contribution is 2.40. The zero-order valence-electron chi connectivity index (χ0n) is 17.6. The van der Waals surface area contributed by atoms with Crippen LogP contribution >= 0.6 is 0 Å². The number of aryl methyl sites for hydroxylation is 1. The average Bonchev–Trinajstić information content (AvgIpc) is 3.11. The molecule has 3 nitrogen and oxygen atoms in total. The van der Waals surface area contributed by atoms with E-state index in [0.29, 0.717) is 12.8 Å². The molecule has 1 heterocycles. The molecule has 0 aliphatic heterocycles. The molecular formula is C26H30O3. The second kappa shape index (κ2) is 10.2. The molecule has 0 saturated heterocycles. The van der Waals surface area contributed by atoms with Gasteiger partial charge in [0.25, 0.3) is 0 Å². The van der Waals surface area contributed by atoms with Gasteiger partial charge in [0.1, 0.15) is 23.4 Å². The minimum absolute atomic E-state index is 0.181. The van der Waals surface area contributed by atoms with Crippen molar-refractivity contribution >= 4 is 5.78 Å². The third kappa shape index (κ3) is 5.04. The van der Waals surface area contributed by atoms with Gasteiger partial charge in [0.2, 0.25) is 0 Å². The number of hydrogen-bond donors (Lipinski definition) is 0. The molecule has 0 aliphatic rings. The van der Waals surface area contributed by atoms with Crippen LogP contribution < -0.4 is 0 Å². The molecule has 3 heteroatoms. The van der Waals surface area contributed by atoms with Gasteiger partial charge in [-0.3, -0.25) is 0 Å². The van der Waals surface area contributed by atoms with Crippen LogP contribution in [0.3, 0.4) is 0 Å². The number of benzene rings is 2. The maximum atomic E-state index is 11.8. The van der Waals surface area contributed by atoms with Gasteiger partial charge in [-0.1, -0.05) is 74.0 Å². The van der Waals surface area contributed by atoms with Gasteiger partial charge in [-0.05, 0) is 25.3 Å². The smallest absolute Gasteiger partial charge is 0.137 e. The molecule has 0 amide bonds. The lowest BCUT2D eigenvalue weighted by Crippen LogP contribution is -2.09. The van der Waals surface area contributed by atoms with E-state index < -0.39 is 0 Å². The van der Waals surface area contributed by atoms with E-state index in [1.165, 1.54) is 0 Å². The molecule has 3 aromatic rings. The largest absolute Gasteiger partial charge is 0.460 e. The monoisotopic (exact) mass is 390 g/mol. The number of carbonyl (C=O) groups excluding carboxylic acids is 1. The maximum Gasteiger partial charge on any atom is 0.137 e. The van der Waals surface area contributed by atoms with Crippen molar-refractivity contribution in [2.24, 2.45) is 0 Å². The van der Waals surface area contributed by atoms with Crippen LogP contribution in [0.15, 0.2) is 65.1 Å². The molecule has 0 N–H and O–H groups in total. The highest BCUT2D eigenvalue weighted by Gasteiger charge is 2.28. The predicted octanol–water partition coefficient (Wildman–Crippen LogP) is 6.55. The fourth-order valence-electron chi connectivity index (χ4n) is 3.78. The molecule has 29 heavy (non-hydrogen) atoms. The first-order valence-corrected chi connectivity index (χ1v) is 10.4. The number of hydrogen-bond acceptors (Lipinski definition) is 3. The van der Waals surface area contributed by atoms with E-state index in [9.17, 15) is 4.79 Å². The molecule has 1 unspecified atom stereocenters. The summed E-state index contributed by atoms with van der Waals surface area (Å²) in [6.07, 6.45) is 3.92. The van der Waals surface area contributed by atoms with Crippen molar-refractivity contribution in [2.45, 2.75) is 52.1 Å². The van der Waals surface area contributed by atoms with Crippen molar-refractivity contribution in [1.29, 1.82) is 0 Å². The van der Waals surface area contributed by atoms with Crippen LogP contribution in [-0.2, 0) is 22.4 Å². The van der Waals surface area contributed by atoms with Gasteiger partial charge >= 0.3 is 0 Å². The highest BCUT2D eigenvalue weighted by molar-refractivity contribution is 5.76. The van der Waals surface area contributed by atoms with Gasteiger partial charge in [-0.25, -0.2) is 0 Å². The van der Waals surface area contributed by atoms with Crippen LogP contribution in [-0.4, -0.2) is 12.9 Å². The van der Waals surface area contributed by atoms with Gasteiger partial charge in [-0.2, -0.15) is 0 Å². The van der Waals surface area contributed by atoms with Gasteiger partial charge in [0.05, 0.1) is 0 Å². The van der Waals surface area contributed by atoms with E-state index in [1.54, 1.807) is 14.0 Å². The van der Waals surface area contributed by atoms with Gasteiger partial charge in [-0.15, -0.1) is 0 Å². The first kappa shape index (κ1) is 21.1. The molecular weight excluding hydrogens is 360 g/mol. The van der Waals surface area contributed by atoms with Crippen molar-refractivity contribution in [3.63, 3.8) is 0 Å². The van der Waals surface area contributed by atoms with Crippen LogP contribution in [0.4, 0.5) is 0 Å². The van der Waals surface area contributed by atoms with E-state index in [4.69, 9.17) is 9.15 Å². The summed E-state index contributed by atoms with van der Waals surface area (Å²) >= 11 is 0. The van der Waals surface area contributed by atoms with Crippen molar-refractivity contribution in [3.05, 3.63) is 83.1 Å². The number of furan rings is 1. The highest BCUT2D eigenvalue weighted by atomic mass is 16.5. The van der Waals surface area contributed by atoms with Crippen LogP contribution in [0, 0.1) is 0 Å². The lowest BCUT2D eigenvalue weighted by Gasteiger charge is -2.18. The molecule has 0 bridgehead atoms.